The van der Waals surface area contributed by atoms with Gasteiger partial charge in [0.05, 0.1) is 11.8 Å². The van der Waals surface area contributed by atoms with Gasteiger partial charge in [0.1, 0.15) is 6.07 Å². The van der Waals surface area contributed by atoms with Crippen LogP contribution in [0.1, 0.15) is 11.1 Å². The van der Waals surface area contributed by atoms with Crippen LogP contribution in [0.3, 0.4) is 0 Å². The number of aromatic nitrogens is 2. The average molecular weight is 245 g/mol. The first-order chi connectivity index (χ1) is 8.29. The Bertz CT molecular complexity index is 562. The highest BCUT2D eigenvalue weighted by molar-refractivity contribution is 6.30. The molecular formula is C12H9ClN4. The van der Waals surface area contributed by atoms with Gasteiger partial charge in [0.2, 0.25) is 0 Å². The molecule has 0 aliphatic rings. The molecular weight excluding hydrogens is 236 g/mol. The largest absolute Gasteiger partial charge is 0.363 e. The van der Waals surface area contributed by atoms with Crippen LogP contribution in [0.5, 0.6) is 0 Å². The van der Waals surface area contributed by atoms with Crippen molar-refractivity contribution in [2.75, 3.05) is 5.32 Å². The van der Waals surface area contributed by atoms with Gasteiger partial charge in [-0.25, -0.2) is 0 Å². The Hall–Kier alpha value is -2.12. The van der Waals surface area contributed by atoms with Crippen molar-refractivity contribution in [1.29, 1.82) is 5.26 Å². The molecule has 84 valence electrons. The van der Waals surface area contributed by atoms with Crippen LogP contribution in [-0.2, 0) is 6.54 Å². The molecule has 2 aromatic rings. The minimum atomic E-state index is 0.474. The zero-order chi connectivity index (χ0) is 12.1. The molecule has 0 atom stereocenters. The molecule has 0 aliphatic carbocycles. The topological polar surface area (TPSA) is 61.6 Å². The van der Waals surface area contributed by atoms with Crippen molar-refractivity contribution in [3.8, 4) is 6.07 Å². The van der Waals surface area contributed by atoms with Crippen LogP contribution in [0.2, 0.25) is 5.02 Å². The maximum Gasteiger partial charge on any atom is 0.166 e. The summed E-state index contributed by atoms with van der Waals surface area (Å²) in [6.07, 6.45) is 1.49. The van der Waals surface area contributed by atoms with E-state index in [0.717, 1.165) is 5.56 Å². The molecule has 2 rings (SSSR count). The summed E-state index contributed by atoms with van der Waals surface area (Å²) in [4.78, 5) is 0. The van der Waals surface area contributed by atoms with Gasteiger partial charge in [-0.3, -0.25) is 0 Å². The van der Waals surface area contributed by atoms with Gasteiger partial charge in [0.25, 0.3) is 0 Å². The lowest BCUT2D eigenvalue weighted by Gasteiger charge is -2.06. The standard InChI is InChI=1S/C12H9ClN4/c13-11-3-1-2-9(6-11)8-15-12-10(7-14)4-5-16-17-12/h1-6H,8H2,(H,15,17). The van der Waals surface area contributed by atoms with Crippen molar-refractivity contribution in [2.45, 2.75) is 6.54 Å². The zero-order valence-electron chi connectivity index (χ0n) is 8.89. The van der Waals surface area contributed by atoms with Crippen LogP contribution in [-0.4, -0.2) is 10.2 Å². The van der Waals surface area contributed by atoms with Crippen LogP contribution in [0.4, 0.5) is 5.82 Å². The Morgan fingerprint density at radius 3 is 3.00 bits per heavy atom. The molecule has 0 saturated carbocycles. The van der Waals surface area contributed by atoms with Crippen LogP contribution < -0.4 is 5.32 Å². The summed E-state index contributed by atoms with van der Waals surface area (Å²) in [5, 5.41) is 20.2. The lowest BCUT2D eigenvalue weighted by molar-refractivity contribution is 0.994. The molecule has 0 radical (unpaired) electrons. The molecule has 4 nitrogen and oxygen atoms in total. The summed E-state index contributed by atoms with van der Waals surface area (Å²) in [5.41, 5.74) is 1.49. The van der Waals surface area contributed by atoms with Crippen molar-refractivity contribution in [2.24, 2.45) is 0 Å². The lowest BCUT2D eigenvalue weighted by atomic mass is 10.2. The Kier molecular flexibility index (Phi) is 3.53. The van der Waals surface area contributed by atoms with Crippen LogP contribution in [0, 0.1) is 11.3 Å². The highest BCUT2D eigenvalue weighted by Gasteiger charge is 2.02. The fraction of sp³-hybridized carbons (Fsp3) is 0.0833. The predicted octanol–water partition coefficient (Wildman–Crippen LogP) is 2.61. The smallest absolute Gasteiger partial charge is 0.166 e. The van der Waals surface area contributed by atoms with Crippen LogP contribution >= 0.6 is 11.6 Å². The third-order valence-corrected chi connectivity index (χ3v) is 2.43. The van der Waals surface area contributed by atoms with Crippen molar-refractivity contribution < 1.29 is 0 Å². The zero-order valence-corrected chi connectivity index (χ0v) is 9.65. The predicted molar refractivity (Wildman–Crippen MR) is 65.5 cm³/mol. The number of nitrogens with one attached hydrogen (secondary N) is 1. The molecule has 0 amide bonds. The van der Waals surface area contributed by atoms with Crippen molar-refractivity contribution in [1.82, 2.24) is 10.2 Å². The van der Waals surface area contributed by atoms with E-state index in [9.17, 15) is 0 Å². The molecule has 1 N–H and O–H groups in total. The van der Waals surface area contributed by atoms with Crippen molar-refractivity contribution in [3.63, 3.8) is 0 Å². The van der Waals surface area contributed by atoms with E-state index in [2.05, 4.69) is 21.6 Å². The Morgan fingerprint density at radius 1 is 1.35 bits per heavy atom. The van der Waals surface area contributed by atoms with Gasteiger partial charge < -0.3 is 5.32 Å². The molecule has 1 aromatic carbocycles. The highest BCUT2D eigenvalue weighted by atomic mass is 35.5. The molecule has 0 aliphatic heterocycles. The quantitative estimate of drug-likeness (QED) is 0.902. The first-order valence-electron chi connectivity index (χ1n) is 4.99. The van der Waals surface area contributed by atoms with E-state index in [1.165, 1.54) is 6.20 Å². The van der Waals surface area contributed by atoms with E-state index >= 15 is 0 Å². The molecule has 5 heteroatoms. The van der Waals surface area contributed by atoms with Crippen molar-refractivity contribution in [3.05, 3.63) is 52.7 Å². The van der Waals surface area contributed by atoms with E-state index in [1.807, 2.05) is 24.3 Å². The molecule has 0 spiro atoms. The summed E-state index contributed by atoms with van der Waals surface area (Å²) in [5.74, 6) is 0.481. The van der Waals surface area contributed by atoms with Crippen molar-refractivity contribution >= 4 is 17.4 Å². The first-order valence-corrected chi connectivity index (χ1v) is 5.37. The summed E-state index contributed by atoms with van der Waals surface area (Å²) < 4.78 is 0. The number of rotatable bonds is 3. The monoisotopic (exact) mass is 244 g/mol. The van der Waals surface area contributed by atoms with Gasteiger partial charge >= 0.3 is 0 Å². The normalized spacial score (nSPS) is 9.65. The number of nitrogens with zero attached hydrogens (tertiary/aromatic N) is 3. The van der Waals surface area contributed by atoms with Crippen LogP contribution in [0.25, 0.3) is 0 Å². The number of nitriles is 1. The number of halogens is 1. The molecule has 0 saturated heterocycles. The Balaban J connectivity index is 2.10. The van der Waals surface area contributed by atoms with E-state index < -0.39 is 0 Å². The summed E-state index contributed by atoms with van der Waals surface area (Å²) in [6.45, 7) is 0.550. The second kappa shape index (κ2) is 5.28. The fourth-order valence-electron chi connectivity index (χ4n) is 1.39. The minimum absolute atomic E-state index is 0.474. The maximum absolute atomic E-state index is 8.88. The van der Waals surface area contributed by atoms with Gasteiger partial charge in [-0.2, -0.15) is 10.4 Å². The molecule has 0 bridgehead atoms. The summed E-state index contributed by atoms with van der Waals surface area (Å²) in [6, 6.07) is 11.2. The molecule has 0 fully saturated rings. The second-order valence-corrected chi connectivity index (χ2v) is 3.83. The number of hydrogen-bond acceptors (Lipinski definition) is 4. The second-order valence-electron chi connectivity index (χ2n) is 3.39. The molecule has 17 heavy (non-hydrogen) atoms. The van der Waals surface area contributed by atoms with E-state index in [4.69, 9.17) is 16.9 Å². The van der Waals surface area contributed by atoms with Gasteiger partial charge in [0.15, 0.2) is 5.82 Å². The molecule has 0 unspecified atom stereocenters. The van der Waals surface area contributed by atoms with Crippen LogP contribution in [0.15, 0.2) is 36.5 Å². The molecule has 1 aromatic heterocycles. The van der Waals surface area contributed by atoms with E-state index in [0.29, 0.717) is 22.9 Å². The summed E-state index contributed by atoms with van der Waals surface area (Å²) >= 11 is 5.88. The van der Waals surface area contributed by atoms with Gasteiger partial charge in [-0.1, -0.05) is 23.7 Å². The highest BCUT2D eigenvalue weighted by Crippen LogP contribution is 2.13. The van der Waals surface area contributed by atoms with Gasteiger partial charge in [-0.05, 0) is 23.8 Å². The van der Waals surface area contributed by atoms with E-state index in [-0.39, 0.29) is 0 Å². The Morgan fingerprint density at radius 2 is 2.24 bits per heavy atom. The maximum atomic E-state index is 8.88. The Labute approximate surface area is 104 Å². The van der Waals surface area contributed by atoms with Gasteiger partial charge in [0, 0.05) is 11.6 Å². The third-order valence-electron chi connectivity index (χ3n) is 2.19. The molecule has 1 heterocycles. The minimum Gasteiger partial charge on any atom is -0.363 e. The van der Waals surface area contributed by atoms with E-state index in [1.54, 1.807) is 6.07 Å². The lowest BCUT2D eigenvalue weighted by Crippen LogP contribution is -2.04. The first kappa shape index (κ1) is 11.4. The third kappa shape index (κ3) is 2.92. The number of benzene rings is 1. The SMILES string of the molecule is N#Cc1ccnnc1NCc1cccc(Cl)c1. The number of hydrogen-bond donors (Lipinski definition) is 1. The summed E-state index contributed by atoms with van der Waals surface area (Å²) in [7, 11) is 0. The van der Waals surface area contributed by atoms with Gasteiger partial charge in [-0.15, -0.1) is 5.10 Å². The fourth-order valence-corrected chi connectivity index (χ4v) is 1.60. The number of anilines is 1. The average Bonchev–Trinajstić information content (AvgIpc) is 2.37.